The molecular formula is C17H17Cl2NO. The highest BCUT2D eigenvalue weighted by molar-refractivity contribution is 6.42. The van der Waals surface area contributed by atoms with Gasteiger partial charge in [-0.25, -0.2) is 0 Å². The molecule has 0 fully saturated rings. The molecule has 0 aliphatic heterocycles. The van der Waals surface area contributed by atoms with Gasteiger partial charge in [-0.1, -0.05) is 53.5 Å². The largest absolute Gasteiger partial charge is 0.313 e. The lowest BCUT2D eigenvalue weighted by molar-refractivity contribution is 0.0980. The Balaban J connectivity index is 1.71. The van der Waals surface area contributed by atoms with E-state index in [1.165, 1.54) is 5.56 Å². The molecule has 0 aliphatic carbocycles. The molecular weight excluding hydrogens is 305 g/mol. The monoisotopic (exact) mass is 321 g/mol. The molecule has 2 aromatic rings. The summed E-state index contributed by atoms with van der Waals surface area (Å²) in [7, 11) is 0. The fourth-order valence-corrected chi connectivity index (χ4v) is 2.31. The molecule has 0 unspecified atom stereocenters. The zero-order chi connectivity index (χ0) is 15.1. The van der Waals surface area contributed by atoms with Crippen molar-refractivity contribution in [3.63, 3.8) is 0 Å². The van der Waals surface area contributed by atoms with Gasteiger partial charge in [-0.15, -0.1) is 0 Å². The van der Waals surface area contributed by atoms with Crippen LogP contribution < -0.4 is 5.32 Å². The van der Waals surface area contributed by atoms with Crippen molar-refractivity contribution in [1.29, 1.82) is 0 Å². The molecule has 2 nitrogen and oxygen atoms in total. The second kappa shape index (κ2) is 8.18. The normalized spacial score (nSPS) is 10.6. The first-order chi connectivity index (χ1) is 10.2. The highest BCUT2D eigenvalue weighted by atomic mass is 35.5. The minimum absolute atomic E-state index is 0.0927. The van der Waals surface area contributed by atoms with Crippen LogP contribution >= 0.6 is 23.2 Å². The molecule has 0 saturated carbocycles. The summed E-state index contributed by atoms with van der Waals surface area (Å²) in [4.78, 5) is 12.0. The summed E-state index contributed by atoms with van der Waals surface area (Å²) in [5.41, 5.74) is 1.86. The van der Waals surface area contributed by atoms with Crippen molar-refractivity contribution in [3.8, 4) is 0 Å². The number of hydrogen-bond donors (Lipinski definition) is 1. The van der Waals surface area contributed by atoms with Crippen LogP contribution in [0.25, 0.3) is 0 Å². The zero-order valence-electron chi connectivity index (χ0n) is 11.6. The van der Waals surface area contributed by atoms with E-state index in [9.17, 15) is 4.79 Å². The van der Waals surface area contributed by atoms with Crippen molar-refractivity contribution in [2.24, 2.45) is 0 Å². The minimum Gasteiger partial charge on any atom is -0.313 e. The first-order valence-corrected chi connectivity index (χ1v) is 7.65. The first-order valence-electron chi connectivity index (χ1n) is 6.90. The maximum atomic E-state index is 12.0. The van der Waals surface area contributed by atoms with Gasteiger partial charge in [0.15, 0.2) is 5.78 Å². The molecule has 21 heavy (non-hydrogen) atoms. The molecule has 0 heterocycles. The van der Waals surface area contributed by atoms with E-state index < -0.39 is 0 Å². The van der Waals surface area contributed by atoms with Gasteiger partial charge in [-0.2, -0.15) is 0 Å². The average Bonchev–Trinajstić information content (AvgIpc) is 2.50. The lowest BCUT2D eigenvalue weighted by atomic mass is 10.1. The predicted molar refractivity (Wildman–Crippen MR) is 88.2 cm³/mol. The summed E-state index contributed by atoms with van der Waals surface area (Å²) in [6.07, 6.45) is 1.30. The Labute approximate surface area is 135 Å². The standard InChI is InChI=1S/C17H17Cl2NO/c18-15-9-8-14(11-16(15)19)17(21)7-4-10-20-12-13-5-2-1-3-6-13/h1-3,5-6,8-9,11,20H,4,7,10,12H2. The second-order valence-corrected chi connectivity index (χ2v) is 5.63. The number of rotatable bonds is 7. The summed E-state index contributed by atoms with van der Waals surface area (Å²) in [6.45, 7) is 1.63. The van der Waals surface area contributed by atoms with Gasteiger partial charge in [-0.3, -0.25) is 4.79 Å². The van der Waals surface area contributed by atoms with Crippen LogP contribution in [0.2, 0.25) is 10.0 Å². The van der Waals surface area contributed by atoms with Gasteiger partial charge in [0.05, 0.1) is 10.0 Å². The van der Waals surface area contributed by atoms with Crippen molar-refractivity contribution in [1.82, 2.24) is 5.32 Å². The van der Waals surface area contributed by atoms with Crippen molar-refractivity contribution >= 4 is 29.0 Å². The van der Waals surface area contributed by atoms with Crippen molar-refractivity contribution in [3.05, 3.63) is 69.7 Å². The molecule has 2 rings (SSSR count). The van der Waals surface area contributed by atoms with Crippen LogP contribution in [-0.2, 0) is 6.54 Å². The van der Waals surface area contributed by atoms with Crippen LogP contribution in [0, 0.1) is 0 Å². The Bertz CT molecular complexity index is 599. The van der Waals surface area contributed by atoms with Crippen molar-refractivity contribution < 1.29 is 4.79 Å². The quantitative estimate of drug-likeness (QED) is 0.589. The van der Waals surface area contributed by atoms with E-state index in [4.69, 9.17) is 23.2 Å². The fraction of sp³-hybridized carbons (Fsp3) is 0.235. The smallest absolute Gasteiger partial charge is 0.162 e. The summed E-state index contributed by atoms with van der Waals surface area (Å²) in [6, 6.07) is 15.2. The van der Waals surface area contributed by atoms with Crippen LogP contribution in [-0.4, -0.2) is 12.3 Å². The summed E-state index contributed by atoms with van der Waals surface area (Å²) < 4.78 is 0. The average molecular weight is 322 g/mol. The Kier molecular flexibility index (Phi) is 6.24. The van der Waals surface area contributed by atoms with Crippen LogP contribution in [0.5, 0.6) is 0 Å². The molecule has 110 valence electrons. The third-order valence-electron chi connectivity index (χ3n) is 3.17. The molecule has 0 atom stereocenters. The van der Waals surface area contributed by atoms with Gasteiger partial charge < -0.3 is 5.32 Å². The van der Waals surface area contributed by atoms with Gasteiger partial charge in [0, 0.05) is 18.5 Å². The Morgan fingerprint density at radius 1 is 1.00 bits per heavy atom. The third kappa shape index (κ3) is 5.16. The number of halogens is 2. The molecule has 4 heteroatoms. The number of carbonyl (C=O) groups excluding carboxylic acids is 1. The van der Waals surface area contributed by atoms with Gasteiger partial charge in [0.2, 0.25) is 0 Å². The van der Waals surface area contributed by atoms with E-state index in [1.807, 2.05) is 18.2 Å². The SMILES string of the molecule is O=C(CCCNCc1ccccc1)c1ccc(Cl)c(Cl)c1. The summed E-state index contributed by atoms with van der Waals surface area (Å²) >= 11 is 11.7. The maximum Gasteiger partial charge on any atom is 0.162 e. The maximum absolute atomic E-state index is 12.0. The Morgan fingerprint density at radius 3 is 2.48 bits per heavy atom. The molecule has 0 spiro atoms. The van der Waals surface area contributed by atoms with E-state index in [1.54, 1.807) is 18.2 Å². The van der Waals surface area contributed by atoms with Crippen LogP contribution in [0.4, 0.5) is 0 Å². The van der Waals surface area contributed by atoms with Crippen molar-refractivity contribution in [2.45, 2.75) is 19.4 Å². The number of Topliss-reactive ketones (excluding diaryl/α,β-unsaturated/α-hetero) is 1. The van der Waals surface area contributed by atoms with Crippen LogP contribution in [0.15, 0.2) is 48.5 Å². The van der Waals surface area contributed by atoms with E-state index in [2.05, 4.69) is 17.4 Å². The molecule has 0 saturated heterocycles. The lowest BCUT2D eigenvalue weighted by Gasteiger charge is -2.05. The topological polar surface area (TPSA) is 29.1 Å². The number of hydrogen-bond acceptors (Lipinski definition) is 2. The summed E-state index contributed by atoms with van der Waals surface area (Å²) in [5, 5.41) is 4.22. The Hall–Kier alpha value is -1.35. The number of carbonyl (C=O) groups is 1. The molecule has 0 aliphatic rings. The van der Waals surface area contributed by atoms with Gasteiger partial charge in [0.1, 0.15) is 0 Å². The van der Waals surface area contributed by atoms with Gasteiger partial charge >= 0.3 is 0 Å². The number of nitrogens with one attached hydrogen (secondary N) is 1. The van der Waals surface area contributed by atoms with Gasteiger partial charge in [0.25, 0.3) is 0 Å². The molecule has 0 aromatic heterocycles. The molecule has 1 N–H and O–H groups in total. The molecule has 2 aromatic carbocycles. The van der Waals surface area contributed by atoms with Crippen molar-refractivity contribution in [2.75, 3.05) is 6.54 Å². The third-order valence-corrected chi connectivity index (χ3v) is 3.91. The highest BCUT2D eigenvalue weighted by Crippen LogP contribution is 2.23. The minimum atomic E-state index is 0.0927. The van der Waals surface area contributed by atoms with E-state index in [0.717, 1.165) is 19.5 Å². The van der Waals surface area contributed by atoms with E-state index in [-0.39, 0.29) is 5.78 Å². The second-order valence-electron chi connectivity index (χ2n) is 4.82. The summed E-state index contributed by atoms with van der Waals surface area (Å²) in [5.74, 6) is 0.0927. The molecule has 0 radical (unpaired) electrons. The molecule has 0 amide bonds. The lowest BCUT2D eigenvalue weighted by Crippen LogP contribution is -2.15. The first kappa shape index (κ1) is 16.0. The van der Waals surface area contributed by atoms with E-state index >= 15 is 0 Å². The zero-order valence-corrected chi connectivity index (χ0v) is 13.1. The Morgan fingerprint density at radius 2 is 1.76 bits per heavy atom. The number of ketones is 1. The van der Waals surface area contributed by atoms with Gasteiger partial charge in [-0.05, 0) is 36.7 Å². The van der Waals surface area contributed by atoms with Crippen LogP contribution in [0.1, 0.15) is 28.8 Å². The molecule has 0 bridgehead atoms. The van der Waals surface area contributed by atoms with E-state index in [0.29, 0.717) is 22.0 Å². The predicted octanol–water partition coefficient (Wildman–Crippen LogP) is 4.75. The highest BCUT2D eigenvalue weighted by Gasteiger charge is 2.07. The van der Waals surface area contributed by atoms with Crippen LogP contribution in [0.3, 0.4) is 0 Å². The fourth-order valence-electron chi connectivity index (χ4n) is 2.02. The number of benzene rings is 2.